The molecular formula is C25H25NO3. The number of nitrogens with zero attached hydrogens (tertiary/aromatic N) is 1. The number of amides is 1. The SMILES string of the molecule is CCc1oc2ccccc2c1/C=C/C(=O)N1CCC(C(=O)c2ccccc2)CC1. The number of Topliss-reactive ketones (excluding diaryl/α,β-unsaturated/α-hetero) is 1. The summed E-state index contributed by atoms with van der Waals surface area (Å²) in [5.74, 6) is 1.06. The number of hydrogen-bond acceptors (Lipinski definition) is 3. The van der Waals surface area contributed by atoms with E-state index < -0.39 is 0 Å². The van der Waals surface area contributed by atoms with Gasteiger partial charge in [-0.15, -0.1) is 0 Å². The number of carbonyl (C=O) groups excluding carboxylic acids is 2. The first-order valence-electron chi connectivity index (χ1n) is 10.2. The van der Waals surface area contributed by atoms with Crippen LogP contribution in [-0.2, 0) is 11.2 Å². The molecule has 0 N–H and O–H groups in total. The van der Waals surface area contributed by atoms with Gasteiger partial charge in [-0.25, -0.2) is 0 Å². The number of benzene rings is 2. The second-order valence-corrected chi connectivity index (χ2v) is 7.45. The summed E-state index contributed by atoms with van der Waals surface area (Å²) >= 11 is 0. The van der Waals surface area contributed by atoms with Crippen LogP contribution in [0.15, 0.2) is 65.1 Å². The Morgan fingerprint density at radius 1 is 1.03 bits per heavy atom. The molecule has 2 heterocycles. The van der Waals surface area contributed by atoms with E-state index in [2.05, 4.69) is 0 Å². The third-order valence-electron chi connectivity index (χ3n) is 5.66. The van der Waals surface area contributed by atoms with Gasteiger partial charge in [-0.05, 0) is 25.0 Å². The number of para-hydroxylation sites is 1. The Labute approximate surface area is 170 Å². The van der Waals surface area contributed by atoms with E-state index in [9.17, 15) is 9.59 Å². The molecule has 1 aliphatic heterocycles. The van der Waals surface area contributed by atoms with Crippen molar-refractivity contribution >= 4 is 28.7 Å². The summed E-state index contributed by atoms with van der Waals surface area (Å²) in [6.07, 6.45) is 5.70. The molecule has 1 amide bonds. The third-order valence-corrected chi connectivity index (χ3v) is 5.66. The maximum Gasteiger partial charge on any atom is 0.246 e. The maximum absolute atomic E-state index is 12.7. The molecule has 1 fully saturated rings. The number of ketones is 1. The van der Waals surface area contributed by atoms with Gasteiger partial charge in [-0.1, -0.05) is 55.5 Å². The van der Waals surface area contributed by atoms with Crippen molar-refractivity contribution in [2.75, 3.05) is 13.1 Å². The number of fused-ring (bicyclic) bond motifs is 1. The summed E-state index contributed by atoms with van der Waals surface area (Å²) in [5, 5.41) is 1.03. The van der Waals surface area contributed by atoms with Crippen LogP contribution in [0.1, 0.15) is 41.4 Å². The molecule has 148 valence electrons. The maximum atomic E-state index is 12.7. The van der Waals surface area contributed by atoms with Gasteiger partial charge in [0.1, 0.15) is 11.3 Å². The molecule has 2 aromatic carbocycles. The Bertz CT molecular complexity index is 1040. The monoisotopic (exact) mass is 387 g/mol. The first kappa shape index (κ1) is 19.2. The average molecular weight is 387 g/mol. The average Bonchev–Trinajstić information content (AvgIpc) is 3.15. The third kappa shape index (κ3) is 4.02. The number of hydrogen-bond donors (Lipinski definition) is 0. The van der Waals surface area contributed by atoms with Gasteiger partial charge in [0.05, 0.1) is 0 Å². The van der Waals surface area contributed by atoms with Gasteiger partial charge in [0.25, 0.3) is 0 Å². The van der Waals surface area contributed by atoms with Crippen LogP contribution < -0.4 is 0 Å². The lowest BCUT2D eigenvalue weighted by atomic mass is 9.89. The zero-order chi connectivity index (χ0) is 20.2. The molecule has 0 atom stereocenters. The van der Waals surface area contributed by atoms with E-state index in [1.165, 1.54) is 0 Å². The molecule has 3 aromatic rings. The molecule has 0 spiro atoms. The Balaban J connectivity index is 1.41. The summed E-state index contributed by atoms with van der Waals surface area (Å²) in [5.41, 5.74) is 2.58. The fourth-order valence-electron chi connectivity index (χ4n) is 4.02. The van der Waals surface area contributed by atoms with Crippen molar-refractivity contribution < 1.29 is 14.0 Å². The van der Waals surface area contributed by atoms with Gasteiger partial charge in [-0.2, -0.15) is 0 Å². The lowest BCUT2D eigenvalue weighted by Crippen LogP contribution is -2.39. The van der Waals surface area contributed by atoms with E-state index in [0.29, 0.717) is 25.9 Å². The Kier molecular flexibility index (Phi) is 5.61. The normalized spacial score (nSPS) is 15.3. The van der Waals surface area contributed by atoms with Gasteiger partial charge in [0, 0.05) is 48.0 Å². The molecule has 0 unspecified atom stereocenters. The molecule has 0 saturated carbocycles. The fraction of sp³-hybridized carbons (Fsp3) is 0.280. The summed E-state index contributed by atoms with van der Waals surface area (Å²) < 4.78 is 5.89. The molecule has 1 aliphatic rings. The second-order valence-electron chi connectivity index (χ2n) is 7.45. The van der Waals surface area contributed by atoms with Crippen LogP contribution in [-0.4, -0.2) is 29.7 Å². The smallest absolute Gasteiger partial charge is 0.246 e. The van der Waals surface area contributed by atoms with Crippen molar-refractivity contribution in [2.24, 2.45) is 5.92 Å². The van der Waals surface area contributed by atoms with E-state index in [4.69, 9.17) is 4.42 Å². The highest BCUT2D eigenvalue weighted by Crippen LogP contribution is 2.28. The topological polar surface area (TPSA) is 50.5 Å². The first-order chi connectivity index (χ1) is 14.2. The number of rotatable bonds is 5. The van der Waals surface area contributed by atoms with E-state index >= 15 is 0 Å². The van der Waals surface area contributed by atoms with Crippen LogP contribution >= 0.6 is 0 Å². The van der Waals surface area contributed by atoms with Crippen molar-refractivity contribution in [1.29, 1.82) is 0 Å². The largest absolute Gasteiger partial charge is 0.460 e. The van der Waals surface area contributed by atoms with Crippen molar-refractivity contribution in [1.82, 2.24) is 4.90 Å². The minimum absolute atomic E-state index is 0.00468. The van der Waals surface area contributed by atoms with E-state index in [0.717, 1.165) is 34.3 Å². The van der Waals surface area contributed by atoms with Crippen molar-refractivity contribution in [3.05, 3.63) is 77.6 Å². The molecule has 0 bridgehead atoms. The van der Waals surface area contributed by atoms with Crippen molar-refractivity contribution in [2.45, 2.75) is 26.2 Å². The second kappa shape index (κ2) is 8.48. The van der Waals surface area contributed by atoms with Crippen molar-refractivity contribution in [3.63, 3.8) is 0 Å². The van der Waals surface area contributed by atoms with Crippen LogP contribution in [0.4, 0.5) is 0 Å². The highest BCUT2D eigenvalue weighted by molar-refractivity contribution is 5.98. The molecule has 0 aliphatic carbocycles. The Morgan fingerprint density at radius 2 is 1.72 bits per heavy atom. The fourth-order valence-corrected chi connectivity index (χ4v) is 4.02. The standard InChI is InChI=1S/C25H25NO3/c1-2-22-21(20-10-6-7-11-23(20)29-22)12-13-24(27)26-16-14-19(15-17-26)25(28)18-8-4-3-5-9-18/h3-13,19H,2,14-17H2,1H3/b13-12+. The summed E-state index contributed by atoms with van der Waals surface area (Å²) in [6, 6.07) is 17.3. The highest BCUT2D eigenvalue weighted by Gasteiger charge is 2.27. The number of aryl methyl sites for hydroxylation is 1. The van der Waals surface area contributed by atoms with Crippen LogP contribution in [0.5, 0.6) is 0 Å². The summed E-state index contributed by atoms with van der Waals surface area (Å²) in [4.78, 5) is 27.2. The van der Waals surface area contributed by atoms with Gasteiger partial charge in [0.15, 0.2) is 5.78 Å². The van der Waals surface area contributed by atoms with Crippen LogP contribution in [0, 0.1) is 5.92 Å². The highest BCUT2D eigenvalue weighted by atomic mass is 16.3. The van der Waals surface area contributed by atoms with Gasteiger partial charge < -0.3 is 9.32 Å². The molecule has 4 rings (SSSR count). The molecule has 1 saturated heterocycles. The summed E-state index contributed by atoms with van der Waals surface area (Å²) in [7, 11) is 0. The number of carbonyl (C=O) groups is 2. The van der Waals surface area contributed by atoms with E-state index in [-0.39, 0.29) is 17.6 Å². The Hall–Kier alpha value is -3.14. The predicted octanol–water partition coefficient (Wildman–Crippen LogP) is 5.13. The molecular weight excluding hydrogens is 362 g/mol. The molecule has 29 heavy (non-hydrogen) atoms. The van der Waals surface area contributed by atoms with E-state index in [1.807, 2.05) is 72.5 Å². The minimum atomic E-state index is -0.0112. The quantitative estimate of drug-likeness (QED) is 0.450. The minimum Gasteiger partial charge on any atom is -0.460 e. The van der Waals surface area contributed by atoms with Crippen LogP contribution in [0.25, 0.3) is 17.0 Å². The number of piperidine rings is 1. The molecule has 1 aromatic heterocycles. The van der Waals surface area contributed by atoms with Gasteiger partial charge >= 0.3 is 0 Å². The Morgan fingerprint density at radius 3 is 2.45 bits per heavy atom. The lowest BCUT2D eigenvalue weighted by Gasteiger charge is -2.30. The predicted molar refractivity (Wildman–Crippen MR) is 115 cm³/mol. The van der Waals surface area contributed by atoms with E-state index in [1.54, 1.807) is 6.08 Å². The molecule has 4 nitrogen and oxygen atoms in total. The van der Waals surface area contributed by atoms with Gasteiger partial charge in [0.2, 0.25) is 5.91 Å². The molecule has 0 radical (unpaired) electrons. The zero-order valence-electron chi connectivity index (χ0n) is 16.6. The van der Waals surface area contributed by atoms with Gasteiger partial charge in [-0.3, -0.25) is 9.59 Å². The first-order valence-corrected chi connectivity index (χ1v) is 10.2. The lowest BCUT2D eigenvalue weighted by molar-refractivity contribution is -0.127. The summed E-state index contributed by atoms with van der Waals surface area (Å²) in [6.45, 7) is 3.27. The number of likely N-dealkylation sites (tertiary alicyclic amines) is 1. The zero-order valence-corrected chi connectivity index (χ0v) is 16.6. The van der Waals surface area contributed by atoms with Crippen LogP contribution in [0.3, 0.4) is 0 Å². The van der Waals surface area contributed by atoms with Crippen molar-refractivity contribution in [3.8, 4) is 0 Å². The number of furan rings is 1. The van der Waals surface area contributed by atoms with Crippen LogP contribution in [0.2, 0.25) is 0 Å². The molecule has 4 heteroatoms.